The summed E-state index contributed by atoms with van der Waals surface area (Å²) in [7, 11) is 1.53. The molecular weight excluding hydrogens is 523 g/mol. The highest BCUT2D eigenvalue weighted by Gasteiger charge is 2.48. The Balaban J connectivity index is 1.71. The summed E-state index contributed by atoms with van der Waals surface area (Å²) >= 11 is 4.50. The van der Waals surface area contributed by atoms with Crippen LogP contribution < -0.4 is 9.64 Å². The quantitative estimate of drug-likeness (QED) is 0.201. The van der Waals surface area contributed by atoms with E-state index in [1.807, 2.05) is 0 Å². The van der Waals surface area contributed by atoms with Crippen molar-refractivity contribution in [3.8, 4) is 5.75 Å². The topological polar surface area (TPSA) is 79.7 Å². The molecule has 0 bridgehead atoms. The second-order valence-electron chi connectivity index (χ2n) is 7.56. The summed E-state index contributed by atoms with van der Waals surface area (Å²) in [5.41, 5.74) is 1.44. The molecule has 5 rings (SSSR count). The molecule has 1 amide bonds. The number of carbonyl (C=O) groups excluding carboxylic acids is 2. The summed E-state index contributed by atoms with van der Waals surface area (Å²) in [6.07, 6.45) is 0. The van der Waals surface area contributed by atoms with E-state index in [9.17, 15) is 19.1 Å². The highest BCUT2D eigenvalue weighted by atomic mass is 79.9. The van der Waals surface area contributed by atoms with Gasteiger partial charge in [0, 0.05) is 10.0 Å². The molecule has 0 radical (unpaired) electrons. The molecule has 6 nitrogen and oxygen atoms in total. The zero-order valence-electron chi connectivity index (χ0n) is 17.7. The molecule has 3 aromatic carbocycles. The van der Waals surface area contributed by atoms with Crippen LogP contribution in [0.15, 0.2) is 76.8 Å². The fraction of sp³-hybridized carbons (Fsp3) is 0.0800. The van der Waals surface area contributed by atoms with Crippen LogP contribution in [0.5, 0.6) is 5.75 Å². The minimum Gasteiger partial charge on any atom is -0.507 e. The van der Waals surface area contributed by atoms with Crippen LogP contribution in [0.1, 0.15) is 17.2 Å². The van der Waals surface area contributed by atoms with Crippen LogP contribution >= 0.6 is 27.3 Å². The van der Waals surface area contributed by atoms with E-state index < -0.39 is 23.5 Å². The molecule has 170 valence electrons. The summed E-state index contributed by atoms with van der Waals surface area (Å²) in [5.74, 6) is -1.78. The van der Waals surface area contributed by atoms with E-state index in [4.69, 9.17) is 4.74 Å². The maximum Gasteiger partial charge on any atom is 0.301 e. The molecular formula is C25H16BrFN2O4S. The van der Waals surface area contributed by atoms with Gasteiger partial charge in [0.25, 0.3) is 5.78 Å². The molecule has 0 unspecified atom stereocenters. The predicted octanol–water partition coefficient (Wildman–Crippen LogP) is 5.83. The molecule has 0 aliphatic carbocycles. The zero-order valence-corrected chi connectivity index (χ0v) is 20.1. The normalized spacial score (nSPS) is 17.5. The highest BCUT2D eigenvalue weighted by molar-refractivity contribution is 9.10. The van der Waals surface area contributed by atoms with Crippen LogP contribution in [-0.2, 0) is 9.59 Å². The molecule has 0 spiro atoms. The zero-order chi connectivity index (χ0) is 24.0. The fourth-order valence-corrected chi connectivity index (χ4v) is 5.17. The lowest BCUT2D eigenvalue weighted by molar-refractivity contribution is -0.132. The molecule has 2 heterocycles. The van der Waals surface area contributed by atoms with Gasteiger partial charge in [-0.05, 0) is 60.2 Å². The van der Waals surface area contributed by atoms with E-state index in [1.165, 1.54) is 30.2 Å². The van der Waals surface area contributed by atoms with Crippen LogP contribution in [0, 0.1) is 5.82 Å². The first-order valence-corrected chi connectivity index (χ1v) is 11.8. The standard InChI is InChI=1S/C25H16BrFN2O4S/c1-33-17-9-4-14(5-10-17)22(30)20-21(13-2-6-15(26)7-3-13)29(24(32)23(20)31)25-28-18-11-8-16(27)12-19(18)34-25/h2-12,21,30H,1H3/t21-/m1/s1. The van der Waals surface area contributed by atoms with Crippen molar-refractivity contribution in [2.45, 2.75) is 6.04 Å². The lowest BCUT2D eigenvalue weighted by Gasteiger charge is -2.23. The van der Waals surface area contributed by atoms with Gasteiger partial charge >= 0.3 is 5.91 Å². The summed E-state index contributed by atoms with van der Waals surface area (Å²) in [5, 5.41) is 11.4. The molecule has 1 aliphatic heterocycles. The first-order chi connectivity index (χ1) is 16.4. The Bertz CT molecular complexity index is 1460. The van der Waals surface area contributed by atoms with Crippen molar-refractivity contribution < 1.29 is 23.8 Å². The van der Waals surface area contributed by atoms with E-state index >= 15 is 0 Å². The van der Waals surface area contributed by atoms with E-state index in [1.54, 1.807) is 48.5 Å². The number of aliphatic hydroxyl groups is 1. The lowest BCUT2D eigenvalue weighted by Crippen LogP contribution is -2.29. The second-order valence-corrected chi connectivity index (χ2v) is 9.48. The van der Waals surface area contributed by atoms with Crippen molar-refractivity contribution in [2.24, 2.45) is 0 Å². The number of Topliss-reactive ketones (excluding diaryl/α,β-unsaturated/α-hetero) is 1. The number of benzene rings is 3. The summed E-state index contributed by atoms with van der Waals surface area (Å²) in [6.45, 7) is 0. The van der Waals surface area contributed by atoms with Crippen molar-refractivity contribution in [1.82, 2.24) is 4.98 Å². The highest BCUT2D eigenvalue weighted by Crippen LogP contribution is 2.44. The molecule has 1 aromatic heterocycles. The van der Waals surface area contributed by atoms with Gasteiger partial charge < -0.3 is 9.84 Å². The number of amides is 1. The van der Waals surface area contributed by atoms with Crippen molar-refractivity contribution in [3.05, 3.63) is 93.7 Å². The molecule has 1 atom stereocenters. The Hall–Kier alpha value is -3.56. The Morgan fingerprint density at radius 3 is 2.47 bits per heavy atom. The number of anilines is 1. The average molecular weight is 539 g/mol. The fourth-order valence-electron chi connectivity index (χ4n) is 3.88. The van der Waals surface area contributed by atoms with Crippen LogP contribution in [-0.4, -0.2) is 28.9 Å². The van der Waals surface area contributed by atoms with Crippen LogP contribution in [0.4, 0.5) is 9.52 Å². The number of hydrogen-bond donors (Lipinski definition) is 1. The van der Waals surface area contributed by atoms with Crippen molar-refractivity contribution >= 4 is 60.1 Å². The number of thiazole rings is 1. The van der Waals surface area contributed by atoms with Crippen LogP contribution in [0.2, 0.25) is 0 Å². The number of nitrogens with zero attached hydrogens (tertiary/aromatic N) is 2. The number of aromatic nitrogens is 1. The molecule has 1 N–H and O–H groups in total. The monoisotopic (exact) mass is 538 g/mol. The van der Waals surface area contributed by atoms with Gasteiger partial charge in [-0.2, -0.15) is 0 Å². The van der Waals surface area contributed by atoms with Crippen molar-refractivity contribution in [2.75, 3.05) is 12.0 Å². The third-order valence-corrected chi connectivity index (χ3v) is 7.09. The first-order valence-electron chi connectivity index (χ1n) is 10.1. The number of rotatable bonds is 4. The molecule has 1 aliphatic rings. The lowest BCUT2D eigenvalue weighted by atomic mass is 9.95. The maximum atomic E-state index is 13.7. The minimum absolute atomic E-state index is 0.0528. The Labute approximate surface area is 206 Å². The third-order valence-electron chi connectivity index (χ3n) is 5.54. The van der Waals surface area contributed by atoms with Gasteiger partial charge in [-0.1, -0.05) is 39.4 Å². The molecule has 34 heavy (non-hydrogen) atoms. The SMILES string of the molecule is COc1ccc(C(O)=C2C(=O)C(=O)N(c3nc4ccc(F)cc4s3)[C@@H]2c2ccc(Br)cc2)cc1. The number of hydrogen-bond acceptors (Lipinski definition) is 6. The van der Waals surface area contributed by atoms with E-state index in [2.05, 4.69) is 20.9 Å². The van der Waals surface area contributed by atoms with Gasteiger partial charge in [0.1, 0.15) is 17.3 Å². The van der Waals surface area contributed by atoms with Crippen LogP contribution in [0.3, 0.4) is 0 Å². The minimum atomic E-state index is -0.916. The van der Waals surface area contributed by atoms with Crippen LogP contribution in [0.25, 0.3) is 16.0 Å². The number of aliphatic hydroxyl groups excluding tert-OH is 1. The van der Waals surface area contributed by atoms with Gasteiger partial charge in [-0.3, -0.25) is 14.5 Å². The molecule has 1 saturated heterocycles. The summed E-state index contributed by atoms with van der Waals surface area (Å²) in [4.78, 5) is 32.2. The summed E-state index contributed by atoms with van der Waals surface area (Å²) in [6, 6.07) is 16.9. The molecule has 0 saturated carbocycles. The number of ketones is 1. The molecule has 9 heteroatoms. The number of fused-ring (bicyclic) bond motifs is 1. The Kier molecular flexibility index (Phi) is 5.66. The van der Waals surface area contributed by atoms with Gasteiger partial charge in [0.2, 0.25) is 0 Å². The number of methoxy groups -OCH3 is 1. The third kappa shape index (κ3) is 3.76. The van der Waals surface area contributed by atoms with E-state index in [-0.39, 0.29) is 16.5 Å². The summed E-state index contributed by atoms with van der Waals surface area (Å²) < 4.78 is 20.3. The maximum absolute atomic E-state index is 13.7. The first kappa shape index (κ1) is 22.2. The number of carbonyl (C=O) groups is 2. The second kappa shape index (κ2) is 8.66. The van der Waals surface area contributed by atoms with Gasteiger partial charge in [0.15, 0.2) is 5.13 Å². The van der Waals surface area contributed by atoms with Gasteiger partial charge in [-0.15, -0.1) is 0 Å². The molecule has 1 fully saturated rings. The largest absolute Gasteiger partial charge is 0.507 e. The van der Waals surface area contributed by atoms with Crippen molar-refractivity contribution in [1.29, 1.82) is 0 Å². The Morgan fingerprint density at radius 2 is 1.79 bits per heavy atom. The van der Waals surface area contributed by atoms with Gasteiger partial charge in [-0.25, -0.2) is 9.37 Å². The predicted molar refractivity (Wildman–Crippen MR) is 131 cm³/mol. The average Bonchev–Trinajstić information content (AvgIpc) is 3.37. The number of ether oxygens (including phenoxy) is 1. The smallest absolute Gasteiger partial charge is 0.301 e. The number of halogens is 2. The van der Waals surface area contributed by atoms with E-state index in [0.717, 1.165) is 15.8 Å². The molecule has 4 aromatic rings. The Morgan fingerprint density at radius 1 is 1.09 bits per heavy atom. The van der Waals surface area contributed by atoms with Gasteiger partial charge in [0.05, 0.1) is 28.9 Å². The van der Waals surface area contributed by atoms with Crippen molar-refractivity contribution in [3.63, 3.8) is 0 Å². The van der Waals surface area contributed by atoms with E-state index in [0.29, 0.717) is 27.1 Å².